The molecule has 0 aliphatic carbocycles. The van der Waals surface area contributed by atoms with Crippen LogP contribution in [0.5, 0.6) is 0 Å². The molecule has 100 valence electrons. The molecule has 0 aliphatic rings. The minimum absolute atomic E-state index is 0.165. The van der Waals surface area contributed by atoms with Crippen molar-refractivity contribution in [3.8, 4) is 12.3 Å². The Morgan fingerprint density at radius 2 is 2.00 bits per heavy atom. The van der Waals surface area contributed by atoms with E-state index in [1.807, 2.05) is 0 Å². The van der Waals surface area contributed by atoms with Crippen molar-refractivity contribution < 1.29 is 19.5 Å². The maximum atomic E-state index is 11.7. The molecule has 0 rings (SSSR count). The average molecular weight is 255 g/mol. The standard InChI is InChI=1S/C11H17N3O4/c1-4-5-14(6-8(15)16)11(18)13-9(7(2)3)10(12)17/h1,7,9H,5-6H2,2-3H3,(H2,12,17)(H,13,18)(H,15,16). The van der Waals surface area contributed by atoms with Crippen LogP contribution in [-0.4, -0.2) is 47.0 Å². The van der Waals surface area contributed by atoms with Crippen molar-refractivity contribution in [3.05, 3.63) is 0 Å². The van der Waals surface area contributed by atoms with Gasteiger partial charge in [0, 0.05) is 0 Å². The highest BCUT2D eigenvalue weighted by Gasteiger charge is 2.25. The molecule has 18 heavy (non-hydrogen) atoms. The van der Waals surface area contributed by atoms with Crippen molar-refractivity contribution in [3.63, 3.8) is 0 Å². The fourth-order valence-electron chi connectivity index (χ4n) is 1.26. The van der Waals surface area contributed by atoms with Crippen LogP contribution in [0.4, 0.5) is 4.79 Å². The second-order valence-electron chi connectivity index (χ2n) is 4.03. The quantitative estimate of drug-likeness (QED) is 0.540. The predicted molar refractivity (Wildman–Crippen MR) is 64.4 cm³/mol. The van der Waals surface area contributed by atoms with Gasteiger partial charge < -0.3 is 21.1 Å². The number of aliphatic carboxylic acids is 1. The molecule has 1 atom stereocenters. The number of nitrogens with one attached hydrogen (secondary N) is 1. The van der Waals surface area contributed by atoms with E-state index in [0.29, 0.717) is 0 Å². The van der Waals surface area contributed by atoms with Crippen molar-refractivity contribution in [2.75, 3.05) is 13.1 Å². The number of primary amides is 1. The fraction of sp³-hybridized carbons (Fsp3) is 0.545. The molecule has 0 aromatic rings. The molecule has 0 bridgehead atoms. The molecule has 0 fully saturated rings. The van der Waals surface area contributed by atoms with Crippen LogP contribution in [0, 0.1) is 18.3 Å². The number of rotatable bonds is 6. The van der Waals surface area contributed by atoms with Crippen molar-refractivity contribution in [1.29, 1.82) is 0 Å². The smallest absolute Gasteiger partial charge is 0.323 e. The van der Waals surface area contributed by atoms with Gasteiger partial charge in [0.2, 0.25) is 5.91 Å². The Balaban J connectivity index is 4.72. The van der Waals surface area contributed by atoms with E-state index in [1.54, 1.807) is 13.8 Å². The highest BCUT2D eigenvalue weighted by atomic mass is 16.4. The molecular formula is C11H17N3O4. The monoisotopic (exact) mass is 255 g/mol. The summed E-state index contributed by atoms with van der Waals surface area (Å²) in [6.07, 6.45) is 5.04. The zero-order valence-electron chi connectivity index (χ0n) is 10.3. The number of nitrogens with zero attached hydrogens (tertiary/aromatic N) is 1. The fourth-order valence-corrected chi connectivity index (χ4v) is 1.26. The number of urea groups is 1. The van der Waals surface area contributed by atoms with Gasteiger partial charge in [0.15, 0.2) is 0 Å². The number of hydrogen-bond donors (Lipinski definition) is 3. The van der Waals surface area contributed by atoms with Crippen molar-refractivity contribution in [1.82, 2.24) is 10.2 Å². The molecule has 0 radical (unpaired) electrons. The molecule has 4 N–H and O–H groups in total. The Hall–Kier alpha value is -2.23. The summed E-state index contributed by atoms with van der Waals surface area (Å²) in [7, 11) is 0. The Kier molecular flexibility index (Phi) is 6.28. The molecule has 0 aromatic carbocycles. The van der Waals surface area contributed by atoms with Gasteiger partial charge in [-0.25, -0.2) is 4.79 Å². The molecule has 3 amide bonds. The lowest BCUT2D eigenvalue weighted by atomic mass is 10.0. The number of carbonyl (C=O) groups excluding carboxylic acids is 2. The maximum absolute atomic E-state index is 11.7. The van der Waals surface area contributed by atoms with Gasteiger partial charge in [0.05, 0.1) is 6.54 Å². The van der Waals surface area contributed by atoms with Gasteiger partial charge in [-0.1, -0.05) is 19.8 Å². The number of amides is 3. The van der Waals surface area contributed by atoms with E-state index >= 15 is 0 Å². The lowest BCUT2D eigenvalue weighted by Gasteiger charge is -2.24. The van der Waals surface area contributed by atoms with Crippen LogP contribution < -0.4 is 11.1 Å². The minimum Gasteiger partial charge on any atom is -0.480 e. The van der Waals surface area contributed by atoms with Crippen LogP contribution >= 0.6 is 0 Å². The third-order valence-corrected chi connectivity index (χ3v) is 2.15. The first-order chi connectivity index (χ1) is 8.29. The van der Waals surface area contributed by atoms with E-state index in [2.05, 4.69) is 11.2 Å². The van der Waals surface area contributed by atoms with Gasteiger partial charge in [-0.2, -0.15) is 0 Å². The van der Waals surface area contributed by atoms with Gasteiger partial charge in [-0.05, 0) is 5.92 Å². The Bertz CT molecular complexity index is 373. The van der Waals surface area contributed by atoms with Crippen LogP contribution in [0.25, 0.3) is 0 Å². The third kappa shape index (κ3) is 5.21. The lowest BCUT2D eigenvalue weighted by molar-refractivity contribution is -0.137. The number of hydrogen-bond acceptors (Lipinski definition) is 3. The number of carboxylic acids is 1. The summed E-state index contributed by atoms with van der Waals surface area (Å²) in [5.41, 5.74) is 5.13. The zero-order valence-corrected chi connectivity index (χ0v) is 10.3. The summed E-state index contributed by atoms with van der Waals surface area (Å²) in [5, 5.41) is 11.0. The largest absolute Gasteiger partial charge is 0.480 e. The summed E-state index contributed by atoms with van der Waals surface area (Å²) in [4.78, 5) is 34.3. The molecule has 0 saturated heterocycles. The first-order valence-electron chi connectivity index (χ1n) is 5.29. The van der Waals surface area contributed by atoms with E-state index in [4.69, 9.17) is 17.3 Å². The molecule has 0 saturated carbocycles. The second-order valence-corrected chi connectivity index (χ2v) is 4.03. The Morgan fingerprint density at radius 1 is 1.44 bits per heavy atom. The van der Waals surface area contributed by atoms with Crippen LogP contribution in [0.15, 0.2) is 0 Å². The predicted octanol–water partition coefficient (Wildman–Crippen LogP) is -0.774. The molecule has 0 aliphatic heterocycles. The SMILES string of the molecule is C#CCN(CC(=O)O)C(=O)NC(C(N)=O)C(C)C. The van der Waals surface area contributed by atoms with Crippen LogP contribution in [-0.2, 0) is 9.59 Å². The number of nitrogens with two attached hydrogens (primary N) is 1. The highest BCUT2D eigenvalue weighted by Crippen LogP contribution is 2.02. The molecular weight excluding hydrogens is 238 g/mol. The van der Waals surface area contributed by atoms with Crippen molar-refractivity contribution >= 4 is 17.9 Å². The third-order valence-electron chi connectivity index (χ3n) is 2.15. The topological polar surface area (TPSA) is 113 Å². The van der Waals surface area contributed by atoms with Gasteiger partial charge in [-0.15, -0.1) is 6.42 Å². The summed E-state index contributed by atoms with van der Waals surface area (Å²) in [5.74, 6) is 0.0870. The summed E-state index contributed by atoms with van der Waals surface area (Å²) >= 11 is 0. The van der Waals surface area contributed by atoms with E-state index in [0.717, 1.165) is 4.90 Å². The van der Waals surface area contributed by atoms with Gasteiger partial charge in [0.25, 0.3) is 0 Å². The average Bonchev–Trinajstić information content (AvgIpc) is 2.23. The second kappa shape index (κ2) is 7.17. The summed E-state index contributed by atoms with van der Waals surface area (Å²) in [6, 6.07) is -1.60. The first kappa shape index (κ1) is 15.8. The normalized spacial score (nSPS) is 11.4. The highest BCUT2D eigenvalue weighted by molar-refractivity contribution is 5.87. The Morgan fingerprint density at radius 3 is 2.33 bits per heavy atom. The lowest BCUT2D eigenvalue weighted by Crippen LogP contribution is -2.53. The van der Waals surface area contributed by atoms with Gasteiger partial charge in [-0.3, -0.25) is 9.59 Å². The molecule has 7 nitrogen and oxygen atoms in total. The summed E-state index contributed by atoms with van der Waals surface area (Å²) < 4.78 is 0. The van der Waals surface area contributed by atoms with Crippen LogP contribution in [0.1, 0.15) is 13.8 Å². The summed E-state index contributed by atoms with van der Waals surface area (Å²) in [6.45, 7) is 2.71. The molecule has 0 spiro atoms. The minimum atomic E-state index is -1.19. The number of terminal acetylenes is 1. The van der Waals surface area contributed by atoms with E-state index in [1.165, 1.54) is 0 Å². The van der Waals surface area contributed by atoms with Crippen LogP contribution in [0.2, 0.25) is 0 Å². The molecule has 1 unspecified atom stereocenters. The zero-order chi connectivity index (χ0) is 14.3. The van der Waals surface area contributed by atoms with Crippen molar-refractivity contribution in [2.45, 2.75) is 19.9 Å². The van der Waals surface area contributed by atoms with Gasteiger partial charge >= 0.3 is 12.0 Å². The van der Waals surface area contributed by atoms with Gasteiger partial charge in [0.1, 0.15) is 12.6 Å². The molecule has 0 aromatic heterocycles. The van der Waals surface area contributed by atoms with E-state index in [9.17, 15) is 14.4 Å². The number of carbonyl (C=O) groups is 3. The van der Waals surface area contributed by atoms with E-state index < -0.39 is 30.5 Å². The molecule has 0 heterocycles. The molecule has 7 heteroatoms. The van der Waals surface area contributed by atoms with Crippen molar-refractivity contribution in [2.24, 2.45) is 11.7 Å². The van der Waals surface area contributed by atoms with E-state index in [-0.39, 0.29) is 12.5 Å². The maximum Gasteiger partial charge on any atom is 0.323 e. The van der Waals surface area contributed by atoms with Crippen LogP contribution in [0.3, 0.4) is 0 Å². The number of carboxylic acid groups (broad SMARTS) is 1. The Labute approximate surface area is 105 Å². The first-order valence-corrected chi connectivity index (χ1v) is 5.29.